The Labute approximate surface area is 98.5 Å². The predicted molar refractivity (Wildman–Crippen MR) is 61.9 cm³/mol. The van der Waals surface area contributed by atoms with E-state index in [1.165, 1.54) is 4.90 Å². The third kappa shape index (κ3) is 2.51. The summed E-state index contributed by atoms with van der Waals surface area (Å²) in [6.45, 7) is 6.00. The van der Waals surface area contributed by atoms with E-state index in [0.717, 1.165) is 11.8 Å². The van der Waals surface area contributed by atoms with Gasteiger partial charge in [0.15, 0.2) is 0 Å². The highest BCUT2D eigenvalue weighted by atomic mass is 79.9. The summed E-state index contributed by atoms with van der Waals surface area (Å²) in [6, 6.07) is -0.274. The number of nitrogens with zero attached hydrogens (tertiary/aromatic N) is 1. The maximum absolute atomic E-state index is 11.8. The number of nitrogens with one attached hydrogen (secondary N) is 1. The van der Waals surface area contributed by atoms with Crippen molar-refractivity contribution < 1.29 is 9.59 Å². The fourth-order valence-electron chi connectivity index (χ4n) is 1.53. The summed E-state index contributed by atoms with van der Waals surface area (Å²) >= 11 is 3.38. The SMILES string of the molecule is CCC(CBr)CN1C(=O)NC(C)(C)C1=O. The molecule has 4 nitrogen and oxygen atoms in total. The maximum Gasteiger partial charge on any atom is 0.325 e. The molecule has 86 valence electrons. The van der Waals surface area contributed by atoms with Crippen LogP contribution in [0.2, 0.25) is 0 Å². The van der Waals surface area contributed by atoms with E-state index in [1.807, 2.05) is 0 Å². The molecule has 1 rings (SSSR count). The van der Waals surface area contributed by atoms with Crippen molar-refractivity contribution in [2.75, 3.05) is 11.9 Å². The summed E-state index contributed by atoms with van der Waals surface area (Å²) in [5.41, 5.74) is -0.748. The van der Waals surface area contributed by atoms with Crippen molar-refractivity contribution in [2.45, 2.75) is 32.7 Å². The molecule has 0 saturated carbocycles. The molecule has 1 atom stereocenters. The molecule has 1 saturated heterocycles. The number of halogens is 1. The number of urea groups is 1. The van der Waals surface area contributed by atoms with Gasteiger partial charge in [0.1, 0.15) is 5.54 Å². The molecule has 0 aromatic rings. The van der Waals surface area contributed by atoms with Gasteiger partial charge in [0.05, 0.1) is 0 Å². The van der Waals surface area contributed by atoms with Crippen molar-refractivity contribution in [3.05, 3.63) is 0 Å². The second-order valence-electron chi connectivity index (χ2n) is 4.40. The Hall–Kier alpha value is -0.580. The standard InChI is InChI=1S/C10H17BrN2O2/c1-4-7(5-11)6-13-8(14)10(2,3)12-9(13)15/h7H,4-6H2,1-3H3,(H,12,15). The Morgan fingerprint density at radius 3 is 2.40 bits per heavy atom. The third-order valence-electron chi connectivity index (χ3n) is 2.68. The summed E-state index contributed by atoms with van der Waals surface area (Å²) in [7, 11) is 0. The molecular weight excluding hydrogens is 260 g/mol. The molecular formula is C10H17BrN2O2. The topological polar surface area (TPSA) is 49.4 Å². The second kappa shape index (κ2) is 4.51. The maximum atomic E-state index is 11.8. The van der Waals surface area contributed by atoms with Crippen LogP contribution in [0.15, 0.2) is 0 Å². The quantitative estimate of drug-likeness (QED) is 0.628. The van der Waals surface area contributed by atoms with Crippen LogP contribution in [-0.2, 0) is 4.79 Å². The van der Waals surface area contributed by atoms with Crippen molar-refractivity contribution in [1.29, 1.82) is 0 Å². The van der Waals surface area contributed by atoms with E-state index < -0.39 is 5.54 Å². The van der Waals surface area contributed by atoms with Gasteiger partial charge in [-0.2, -0.15) is 0 Å². The van der Waals surface area contributed by atoms with E-state index >= 15 is 0 Å². The van der Waals surface area contributed by atoms with E-state index in [0.29, 0.717) is 12.5 Å². The lowest BCUT2D eigenvalue weighted by molar-refractivity contribution is -0.130. The van der Waals surface area contributed by atoms with Gasteiger partial charge in [-0.05, 0) is 19.8 Å². The summed E-state index contributed by atoms with van der Waals surface area (Å²) in [4.78, 5) is 24.7. The van der Waals surface area contributed by atoms with Gasteiger partial charge >= 0.3 is 6.03 Å². The lowest BCUT2D eigenvalue weighted by Gasteiger charge is -2.20. The fourth-order valence-corrected chi connectivity index (χ4v) is 2.19. The highest BCUT2D eigenvalue weighted by Gasteiger charge is 2.44. The Kier molecular flexibility index (Phi) is 3.76. The highest BCUT2D eigenvalue weighted by molar-refractivity contribution is 9.09. The van der Waals surface area contributed by atoms with Crippen molar-refractivity contribution in [1.82, 2.24) is 10.2 Å². The number of alkyl halides is 1. The van der Waals surface area contributed by atoms with Crippen LogP contribution >= 0.6 is 15.9 Å². The van der Waals surface area contributed by atoms with Gasteiger partial charge in [-0.15, -0.1) is 0 Å². The second-order valence-corrected chi connectivity index (χ2v) is 5.05. The number of rotatable bonds is 4. The molecule has 15 heavy (non-hydrogen) atoms. The molecule has 1 unspecified atom stereocenters. The summed E-state index contributed by atoms with van der Waals surface area (Å²) in [6.07, 6.45) is 0.947. The van der Waals surface area contributed by atoms with E-state index in [-0.39, 0.29) is 11.9 Å². The zero-order valence-electron chi connectivity index (χ0n) is 9.34. The normalized spacial score (nSPS) is 21.7. The first kappa shape index (κ1) is 12.5. The molecule has 0 bridgehead atoms. The minimum absolute atomic E-state index is 0.132. The van der Waals surface area contributed by atoms with E-state index in [9.17, 15) is 9.59 Å². The smallest absolute Gasteiger partial charge is 0.324 e. The average molecular weight is 277 g/mol. The van der Waals surface area contributed by atoms with E-state index in [4.69, 9.17) is 0 Å². The summed E-state index contributed by atoms with van der Waals surface area (Å²) in [5, 5.41) is 3.48. The largest absolute Gasteiger partial charge is 0.325 e. The van der Waals surface area contributed by atoms with Crippen molar-refractivity contribution >= 4 is 27.9 Å². The number of imide groups is 1. The van der Waals surface area contributed by atoms with Crippen LogP contribution in [0.1, 0.15) is 27.2 Å². The monoisotopic (exact) mass is 276 g/mol. The first-order valence-corrected chi connectivity index (χ1v) is 6.24. The van der Waals surface area contributed by atoms with Crippen LogP contribution < -0.4 is 5.32 Å². The summed E-state index contributed by atoms with van der Waals surface area (Å²) in [5.74, 6) is 0.195. The fraction of sp³-hybridized carbons (Fsp3) is 0.800. The molecule has 5 heteroatoms. The van der Waals surface area contributed by atoms with Crippen LogP contribution in [0.3, 0.4) is 0 Å². The molecule has 0 radical (unpaired) electrons. The Morgan fingerprint density at radius 2 is 2.07 bits per heavy atom. The number of hydrogen-bond acceptors (Lipinski definition) is 2. The van der Waals surface area contributed by atoms with Crippen LogP contribution in [0, 0.1) is 5.92 Å². The molecule has 0 spiro atoms. The molecule has 0 aromatic carbocycles. The van der Waals surface area contributed by atoms with Crippen LogP contribution in [0.5, 0.6) is 0 Å². The Bertz CT molecular complexity index is 275. The van der Waals surface area contributed by atoms with Gasteiger partial charge in [-0.3, -0.25) is 9.69 Å². The van der Waals surface area contributed by atoms with Gasteiger partial charge in [0.2, 0.25) is 0 Å². The molecule has 1 heterocycles. The zero-order valence-corrected chi connectivity index (χ0v) is 10.9. The molecule has 0 aliphatic carbocycles. The Balaban J connectivity index is 2.71. The van der Waals surface area contributed by atoms with Crippen molar-refractivity contribution in [3.63, 3.8) is 0 Å². The minimum atomic E-state index is -0.748. The van der Waals surface area contributed by atoms with E-state index in [2.05, 4.69) is 28.2 Å². The van der Waals surface area contributed by atoms with Gasteiger partial charge in [0, 0.05) is 11.9 Å². The van der Waals surface area contributed by atoms with Gasteiger partial charge < -0.3 is 5.32 Å². The number of carbonyl (C=O) groups is 2. The van der Waals surface area contributed by atoms with Gasteiger partial charge in [-0.1, -0.05) is 29.3 Å². The molecule has 1 aliphatic rings. The van der Waals surface area contributed by atoms with Gasteiger partial charge in [0.25, 0.3) is 5.91 Å². The number of hydrogen-bond donors (Lipinski definition) is 1. The number of amides is 3. The molecule has 0 aromatic heterocycles. The average Bonchev–Trinajstić information content (AvgIpc) is 2.35. The van der Waals surface area contributed by atoms with Crippen LogP contribution in [0.4, 0.5) is 4.79 Å². The molecule has 3 amide bonds. The predicted octanol–water partition coefficient (Wildman–Crippen LogP) is 1.74. The zero-order chi connectivity index (χ0) is 11.6. The first-order valence-electron chi connectivity index (χ1n) is 5.12. The molecule has 1 N–H and O–H groups in total. The lowest BCUT2D eigenvalue weighted by atomic mass is 10.1. The van der Waals surface area contributed by atoms with Crippen LogP contribution in [-0.4, -0.2) is 34.3 Å². The lowest BCUT2D eigenvalue weighted by Crippen LogP contribution is -2.41. The van der Waals surface area contributed by atoms with E-state index in [1.54, 1.807) is 13.8 Å². The summed E-state index contributed by atoms with van der Waals surface area (Å²) < 4.78 is 0. The molecule has 1 aliphatic heterocycles. The van der Waals surface area contributed by atoms with Crippen molar-refractivity contribution in [3.8, 4) is 0 Å². The third-order valence-corrected chi connectivity index (χ3v) is 3.60. The minimum Gasteiger partial charge on any atom is -0.324 e. The van der Waals surface area contributed by atoms with Gasteiger partial charge in [-0.25, -0.2) is 4.79 Å². The molecule has 1 fully saturated rings. The first-order chi connectivity index (χ1) is 6.92. The number of carbonyl (C=O) groups excluding carboxylic acids is 2. The highest BCUT2D eigenvalue weighted by Crippen LogP contribution is 2.19. The van der Waals surface area contributed by atoms with Crippen molar-refractivity contribution in [2.24, 2.45) is 5.92 Å². The Morgan fingerprint density at radius 1 is 1.47 bits per heavy atom. The van der Waals surface area contributed by atoms with Crippen LogP contribution in [0.25, 0.3) is 0 Å².